The first-order chi connectivity index (χ1) is 14.6. The predicted molar refractivity (Wildman–Crippen MR) is 116 cm³/mol. The SMILES string of the molecule is COc1ccc2c(c1OC)C(=O)N1c3ccccc3C(=O)N(c3cccc(Br)c3)[C@H]21. The normalized spacial score (nSPS) is 16.8. The van der Waals surface area contributed by atoms with Gasteiger partial charge in [-0.2, -0.15) is 0 Å². The van der Waals surface area contributed by atoms with Crippen LogP contribution in [0.1, 0.15) is 32.4 Å². The maximum atomic E-state index is 13.6. The Kier molecular flexibility index (Phi) is 4.29. The molecule has 5 rings (SSSR count). The second-order valence-corrected chi connectivity index (χ2v) is 7.90. The Balaban J connectivity index is 1.81. The standard InChI is InChI=1S/C23H17BrN2O4/c1-29-18-11-10-16-19(20(18)30-2)23(28)26-17-9-4-3-8-15(17)22(27)25(21(16)26)14-7-5-6-13(24)12-14/h3-12,21H,1-2H3/t21-/m0/s1. The molecule has 3 aromatic rings. The lowest BCUT2D eigenvalue weighted by Crippen LogP contribution is -2.48. The Morgan fingerprint density at radius 2 is 1.67 bits per heavy atom. The third-order valence-electron chi connectivity index (χ3n) is 5.48. The average molecular weight is 465 g/mol. The third-order valence-corrected chi connectivity index (χ3v) is 5.97. The molecule has 2 aliphatic heterocycles. The van der Waals surface area contributed by atoms with E-state index in [0.717, 1.165) is 4.47 Å². The van der Waals surface area contributed by atoms with Crippen molar-refractivity contribution >= 4 is 39.1 Å². The number of halogens is 1. The van der Waals surface area contributed by atoms with Gasteiger partial charge < -0.3 is 9.47 Å². The number of hydrogen-bond donors (Lipinski definition) is 0. The van der Waals surface area contributed by atoms with Crippen molar-refractivity contribution < 1.29 is 19.1 Å². The van der Waals surface area contributed by atoms with Gasteiger partial charge in [-0.3, -0.25) is 19.4 Å². The summed E-state index contributed by atoms with van der Waals surface area (Å²) >= 11 is 3.48. The highest BCUT2D eigenvalue weighted by Crippen LogP contribution is 2.50. The quantitative estimate of drug-likeness (QED) is 0.559. The highest BCUT2D eigenvalue weighted by molar-refractivity contribution is 9.10. The summed E-state index contributed by atoms with van der Waals surface area (Å²) in [4.78, 5) is 30.5. The molecule has 0 N–H and O–H groups in total. The van der Waals surface area contributed by atoms with Gasteiger partial charge in [0.1, 0.15) is 6.17 Å². The smallest absolute Gasteiger partial charge is 0.264 e. The van der Waals surface area contributed by atoms with Crippen LogP contribution in [0.5, 0.6) is 11.5 Å². The molecule has 0 aromatic heterocycles. The van der Waals surface area contributed by atoms with Crippen molar-refractivity contribution in [3.05, 3.63) is 81.8 Å². The molecular formula is C23H17BrN2O4. The molecular weight excluding hydrogens is 448 g/mol. The van der Waals surface area contributed by atoms with Crippen LogP contribution in [0.25, 0.3) is 0 Å². The predicted octanol–water partition coefficient (Wildman–Crippen LogP) is 4.79. The molecule has 7 heteroatoms. The van der Waals surface area contributed by atoms with E-state index in [9.17, 15) is 9.59 Å². The molecule has 30 heavy (non-hydrogen) atoms. The fourth-order valence-electron chi connectivity index (χ4n) is 4.23. The number of para-hydroxylation sites is 1. The van der Waals surface area contributed by atoms with Gasteiger partial charge in [-0.05, 0) is 36.4 Å². The van der Waals surface area contributed by atoms with E-state index in [1.165, 1.54) is 14.2 Å². The Labute approximate surface area is 181 Å². The van der Waals surface area contributed by atoms with E-state index >= 15 is 0 Å². The van der Waals surface area contributed by atoms with Crippen LogP contribution in [0.2, 0.25) is 0 Å². The minimum Gasteiger partial charge on any atom is -0.493 e. The zero-order valence-corrected chi connectivity index (χ0v) is 17.8. The molecule has 2 heterocycles. The highest BCUT2D eigenvalue weighted by Gasteiger charge is 2.50. The molecule has 0 fully saturated rings. The molecule has 0 spiro atoms. The van der Waals surface area contributed by atoms with Crippen molar-refractivity contribution in [2.75, 3.05) is 24.0 Å². The van der Waals surface area contributed by atoms with Crippen molar-refractivity contribution in [3.63, 3.8) is 0 Å². The molecule has 2 amide bonds. The summed E-state index contributed by atoms with van der Waals surface area (Å²) in [5, 5.41) is 0. The molecule has 0 aliphatic carbocycles. The van der Waals surface area contributed by atoms with Crippen LogP contribution in [0.4, 0.5) is 11.4 Å². The van der Waals surface area contributed by atoms with Crippen molar-refractivity contribution in [1.29, 1.82) is 0 Å². The van der Waals surface area contributed by atoms with Gasteiger partial charge in [0, 0.05) is 15.7 Å². The van der Waals surface area contributed by atoms with Crippen LogP contribution < -0.4 is 19.3 Å². The van der Waals surface area contributed by atoms with Crippen LogP contribution in [0.15, 0.2) is 65.1 Å². The lowest BCUT2D eigenvalue weighted by atomic mass is 10.0. The minimum absolute atomic E-state index is 0.166. The van der Waals surface area contributed by atoms with E-state index in [-0.39, 0.29) is 11.8 Å². The van der Waals surface area contributed by atoms with Crippen LogP contribution in [-0.2, 0) is 0 Å². The zero-order valence-electron chi connectivity index (χ0n) is 16.3. The Hall–Kier alpha value is -3.32. The Morgan fingerprint density at radius 3 is 2.40 bits per heavy atom. The number of carbonyl (C=O) groups excluding carboxylic acids is 2. The lowest BCUT2D eigenvalue weighted by Gasteiger charge is -2.40. The second-order valence-electron chi connectivity index (χ2n) is 6.99. The number of ether oxygens (including phenoxy) is 2. The van der Waals surface area contributed by atoms with Gasteiger partial charge in [0.25, 0.3) is 11.8 Å². The monoisotopic (exact) mass is 464 g/mol. The molecule has 0 saturated heterocycles. The summed E-state index contributed by atoms with van der Waals surface area (Å²) in [6.07, 6.45) is -0.621. The molecule has 0 saturated carbocycles. The maximum Gasteiger partial charge on any atom is 0.264 e. The van der Waals surface area contributed by atoms with Gasteiger partial charge in [0.15, 0.2) is 11.5 Å². The number of nitrogens with zero attached hydrogens (tertiary/aromatic N) is 2. The zero-order chi connectivity index (χ0) is 21.0. The maximum absolute atomic E-state index is 13.6. The van der Waals surface area contributed by atoms with E-state index in [1.54, 1.807) is 34.1 Å². The van der Waals surface area contributed by atoms with Crippen LogP contribution >= 0.6 is 15.9 Å². The molecule has 1 atom stereocenters. The van der Waals surface area contributed by atoms with Crippen molar-refractivity contribution in [1.82, 2.24) is 0 Å². The fourth-order valence-corrected chi connectivity index (χ4v) is 4.62. The van der Waals surface area contributed by atoms with E-state index in [2.05, 4.69) is 15.9 Å². The van der Waals surface area contributed by atoms with Crippen molar-refractivity contribution in [2.24, 2.45) is 0 Å². The molecule has 150 valence electrons. The Morgan fingerprint density at radius 1 is 0.867 bits per heavy atom. The van der Waals surface area contributed by atoms with E-state index in [1.807, 2.05) is 36.4 Å². The first-order valence-corrected chi connectivity index (χ1v) is 10.1. The lowest BCUT2D eigenvalue weighted by molar-refractivity contribution is 0.0948. The van der Waals surface area contributed by atoms with E-state index < -0.39 is 6.17 Å². The van der Waals surface area contributed by atoms with Crippen LogP contribution in [-0.4, -0.2) is 26.0 Å². The van der Waals surface area contributed by atoms with Crippen molar-refractivity contribution in [2.45, 2.75) is 6.17 Å². The highest BCUT2D eigenvalue weighted by atomic mass is 79.9. The van der Waals surface area contributed by atoms with Gasteiger partial charge in [-0.25, -0.2) is 0 Å². The summed E-state index contributed by atoms with van der Waals surface area (Å²) in [5.41, 5.74) is 2.85. The molecule has 0 bridgehead atoms. The number of anilines is 2. The fraction of sp³-hybridized carbons (Fsp3) is 0.130. The number of hydrogen-bond acceptors (Lipinski definition) is 4. The first kappa shape index (κ1) is 18.7. The molecule has 0 radical (unpaired) electrons. The number of rotatable bonds is 3. The average Bonchev–Trinajstić information content (AvgIpc) is 3.06. The van der Waals surface area contributed by atoms with Gasteiger partial charge in [-0.15, -0.1) is 0 Å². The molecule has 3 aromatic carbocycles. The molecule has 0 unspecified atom stereocenters. The van der Waals surface area contributed by atoms with E-state index in [4.69, 9.17) is 9.47 Å². The molecule has 2 aliphatic rings. The van der Waals surface area contributed by atoms with Crippen molar-refractivity contribution in [3.8, 4) is 11.5 Å². The van der Waals surface area contributed by atoms with Gasteiger partial charge in [0.05, 0.1) is 31.0 Å². The second kappa shape index (κ2) is 6.88. The number of benzene rings is 3. The van der Waals surface area contributed by atoms with E-state index in [0.29, 0.717) is 39.6 Å². The van der Waals surface area contributed by atoms with Gasteiger partial charge in [-0.1, -0.05) is 40.2 Å². The number of fused-ring (bicyclic) bond motifs is 5. The first-order valence-electron chi connectivity index (χ1n) is 9.33. The summed E-state index contributed by atoms with van der Waals surface area (Å²) in [5.74, 6) is 0.442. The summed E-state index contributed by atoms with van der Waals surface area (Å²) in [6.45, 7) is 0. The summed E-state index contributed by atoms with van der Waals surface area (Å²) in [6, 6.07) is 18.2. The number of amides is 2. The number of methoxy groups -OCH3 is 2. The van der Waals surface area contributed by atoms with Gasteiger partial charge >= 0.3 is 0 Å². The van der Waals surface area contributed by atoms with Crippen LogP contribution in [0, 0.1) is 0 Å². The largest absolute Gasteiger partial charge is 0.493 e. The molecule has 6 nitrogen and oxygen atoms in total. The van der Waals surface area contributed by atoms with Crippen LogP contribution in [0.3, 0.4) is 0 Å². The summed E-state index contributed by atoms with van der Waals surface area (Å²) in [7, 11) is 3.04. The minimum atomic E-state index is -0.621. The third kappa shape index (κ3) is 2.48. The Bertz CT molecular complexity index is 1210. The van der Waals surface area contributed by atoms with Gasteiger partial charge in [0.2, 0.25) is 0 Å². The number of carbonyl (C=O) groups is 2. The topological polar surface area (TPSA) is 59.1 Å². The summed E-state index contributed by atoms with van der Waals surface area (Å²) < 4.78 is 11.8.